The highest BCUT2D eigenvalue weighted by Gasteiger charge is 2.23. The Balaban J connectivity index is 0. The highest BCUT2D eigenvalue weighted by Crippen LogP contribution is 2.23. The molecule has 0 unspecified atom stereocenters. The van der Waals surface area contributed by atoms with Crippen molar-refractivity contribution < 1.29 is 20.4 Å². The summed E-state index contributed by atoms with van der Waals surface area (Å²) in [5.74, 6) is 0. The highest BCUT2D eigenvalue weighted by atomic mass is 16.3. The largest absolute Gasteiger partial charge is 0.396 e. The van der Waals surface area contributed by atoms with Crippen LogP contribution in [0.25, 0.3) is 0 Å². The topological polar surface area (TPSA) is 80.9 Å². The summed E-state index contributed by atoms with van der Waals surface area (Å²) in [5, 5.41) is 34.4. The first kappa shape index (κ1) is 20.2. The van der Waals surface area contributed by atoms with E-state index in [1.807, 2.05) is 13.8 Å². The minimum atomic E-state index is -0.222. The van der Waals surface area contributed by atoms with E-state index in [2.05, 4.69) is 0 Å². The SMILES string of the molecule is CCC(CC)(CO)CO.OCCCCCCCO. The standard InChI is InChI=1S/2C7H16O2/c1-3-7(4-2,5-8)6-9;8-6-4-2-1-3-5-7-9/h8-9H,3-6H2,1-2H3;8-9H,1-7H2. The predicted molar refractivity (Wildman–Crippen MR) is 74.4 cm³/mol. The van der Waals surface area contributed by atoms with E-state index in [9.17, 15) is 0 Å². The van der Waals surface area contributed by atoms with E-state index in [4.69, 9.17) is 20.4 Å². The molecule has 0 aliphatic carbocycles. The van der Waals surface area contributed by atoms with Crippen LogP contribution < -0.4 is 0 Å². The Bertz CT molecular complexity index is 123. The van der Waals surface area contributed by atoms with E-state index in [0.717, 1.165) is 44.9 Å². The molecule has 112 valence electrons. The van der Waals surface area contributed by atoms with Crippen LogP contribution in [0.3, 0.4) is 0 Å². The fourth-order valence-electron chi connectivity index (χ4n) is 1.50. The first-order valence-electron chi connectivity index (χ1n) is 7.09. The third-order valence-corrected chi connectivity index (χ3v) is 3.49. The van der Waals surface area contributed by atoms with E-state index in [1.54, 1.807) is 0 Å². The van der Waals surface area contributed by atoms with Gasteiger partial charge in [-0.25, -0.2) is 0 Å². The van der Waals surface area contributed by atoms with Gasteiger partial charge in [-0.2, -0.15) is 0 Å². The van der Waals surface area contributed by atoms with Gasteiger partial charge in [0.2, 0.25) is 0 Å². The molecule has 0 saturated carbocycles. The van der Waals surface area contributed by atoms with Crippen LogP contribution in [-0.2, 0) is 0 Å². The minimum absolute atomic E-state index is 0.0938. The van der Waals surface area contributed by atoms with E-state index in [1.165, 1.54) is 0 Å². The molecule has 18 heavy (non-hydrogen) atoms. The third kappa shape index (κ3) is 11.0. The Morgan fingerprint density at radius 1 is 0.611 bits per heavy atom. The van der Waals surface area contributed by atoms with Crippen LogP contribution in [0.2, 0.25) is 0 Å². The maximum Gasteiger partial charge on any atom is 0.0509 e. The van der Waals surface area contributed by atoms with Gasteiger partial charge in [0.25, 0.3) is 0 Å². The molecule has 0 aromatic carbocycles. The predicted octanol–water partition coefficient (Wildman–Crippen LogP) is 1.70. The zero-order valence-corrected chi connectivity index (χ0v) is 12.1. The molecule has 0 aromatic heterocycles. The lowest BCUT2D eigenvalue weighted by Gasteiger charge is -2.25. The molecular weight excluding hydrogens is 232 g/mol. The lowest BCUT2D eigenvalue weighted by atomic mass is 9.84. The van der Waals surface area contributed by atoms with Crippen molar-refractivity contribution in [3.63, 3.8) is 0 Å². The molecule has 0 heterocycles. The van der Waals surface area contributed by atoms with Crippen molar-refractivity contribution in [1.82, 2.24) is 0 Å². The lowest BCUT2D eigenvalue weighted by Crippen LogP contribution is -2.27. The molecule has 0 bridgehead atoms. The number of aliphatic hydroxyl groups excluding tert-OH is 4. The van der Waals surface area contributed by atoms with Gasteiger partial charge in [-0.3, -0.25) is 0 Å². The number of aliphatic hydroxyl groups is 4. The average Bonchev–Trinajstić information content (AvgIpc) is 2.43. The summed E-state index contributed by atoms with van der Waals surface area (Å²) in [6.45, 7) is 4.76. The van der Waals surface area contributed by atoms with Gasteiger partial charge in [0.05, 0.1) is 13.2 Å². The fraction of sp³-hybridized carbons (Fsp3) is 1.00. The smallest absolute Gasteiger partial charge is 0.0509 e. The maximum atomic E-state index is 8.82. The summed E-state index contributed by atoms with van der Waals surface area (Å²) in [5.41, 5.74) is -0.222. The molecular formula is C14H32O4. The molecule has 0 spiro atoms. The summed E-state index contributed by atoms with van der Waals surface area (Å²) >= 11 is 0. The Hall–Kier alpha value is -0.160. The monoisotopic (exact) mass is 264 g/mol. The van der Waals surface area contributed by atoms with Crippen molar-refractivity contribution in [2.24, 2.45) is 5.41 Å². The zero-order chi connectivity index (χ0) is 14.3. The molecule has 0 saturated heterocycles. The number of hydrogen-bond acceptors (Lipinski definition) is 4. The molecule has 0 rings (SSSR count). The van der Waals surface area contributed by atoms with E-state index in [0.29, 0.717) is 13.2 Å². The van der Waals surface area contributed by atoms with Crippen LogP contribution in [0.5, 0.6) is 0 Å². The molecule has 0 radical (unpaired) electrons. The van der Waals surface area contributed by atoms with Crippen LogP contribution in [-0.4, -0.2) is 46.9 Å². The molecule has 4 heteroatoms. The summed E-state index contributed by atoms with van der Waals surface area (Å²) < 4.78 is 0. The van der Waals surface area contributed by atoms with Crippen molar-refractivity contribution in [1.29, 1.82) is 0 Å². The number of hydrogen-bond donors (Lipinski definition) is 4. The molecule has 4 nitrogen and oxygen atoms in total. The molecule has 0 aliphatic heterocycles. The maximum absolute atomic E-state index is 8.82. The van der Waals surface area contributed by atoms with Gasteiger partial charge in [0, 0.05) is 18.6 Å². The van der Waals surface area contributed by atoms with Gasteiger partial charge in [0.15, 0.2) is 0 Å². The van der Waals surface area contributed by atoms with Crippen molar-refractivity contribution in [3.05, 3.63) is 0 Å². The third-order valence-electron chi connectivity index (χ3n) is 3.49. The first-order valence-corrected chi connectivity index (χ1v) is 7.09. The van der Waals surface area contributed by atoms with Crippen LogP contribution in [0.15, 0.2) is 0 Å². The summed E-state index contributed by atoms with van der Waals surface area (Å²) in [7, 11) is 0. The van der Waals surface area contributed by atoms with E-state index in [-0.39, 0.29) is 18.6 Å². The number of unbranched alkanes of at least 4 members (excludes halogenated alkanes) is 4. The second kappa shape index (κ2) is 14.9. The molecule has 0 aliphatic rings. The first-order chi connectivity index (χ1) is 8.66. The van der Waals surface area contributed by atoms with Crippen molar-refractivity contribution in [2.75, 3.05) is 26.4 Å². The van der Waals surface area contributed by atoms with Gasteiger partial charge in [-0.05, 0) is 25.7 Å². The molecule has 0 fully saturated rings. The Labute approximate surface area is 112 Å². The normalized spacial score (nSPS) is 11.0. The molecule has 0 aromatic rings. The van der Waals surface area contributed by atoms with E-state index < -0.39 is 0 Å². The van der Waals surface area contributed by atoms with Crippen LogP contribution in [0, 0.1) is 5.41 Å². The fourth-order valence-corrected chi connectivity index (χ4v) is 1.50. The lowest BCUT2D eigenvalue weighted by molar-refractivity contribution is 0.0480. The van der Waals surface area contributed by atoms with Crippen molar-refractivity contribution in [2.45, 2.75) is 58.8 Å². The second-order valence-corrected chi connectivity index (χ2v) is 4.74. The molecule has 0 atom stereocenters. The van der Waals surface area contributed by atoms with Gasteiger partial charge in [-0.1, -0.05) is 33.1 Å². The highest BCUT2D eigenvalue weighted by molar-refractivity contribution is 4.73. The van der Waals surface area contributed by atoms with E-state index >= 15 is 0 Å². The van der Waals surface area contributed by atoms with Gasteiger partial charge in [-0.15, -0.1) is 0 Å². The molecule has 0 amide bonds. The van der Waals surface area contributed by atoms with Crippen LogP contribution in [0.1, 0.15) is 58.8 Å². The Morgan fingerprint density at radius 2 is 0.944 bits per heavy atom. The van der Waals surface area contributed by atoms with Crippen LogP contribution >= 0.6 is 0 Å². The van der Waals surface area contributed by atoms with Crippen molar-refractivity contribution in [3.8, 4) is 0 Å². The zero-order valence-electron chi connectivity index (χ0n) is 12.1. The van der Waals surface area contributed by atoms with Crippen molar-refractivity contribution >= 4 is 0 Å². The number of rotatable bonds is 10. The van der Waals surface area contributed by atoms with Gasteiger partial charge >= 0.3 is 0 Å². The second-order valence-electron chi connectivity index (χ2n) is 4.74. The Kier molecular flexibility index (Phi) is 16.7. The van der Waals surface area contributed by atoms with Gasteiger partial charge in [0.1, 0.15) is 0 Å². The average molecular weight is 264 g/mol. The summed E-state index contributed by atoms with van der Waals surface area (Å²) in [4.78, 5) is 0. The minimum Gasteiger partial charge on any atom is -0.396 e. The quantitative estimate of drug-likeness (QED) is 0.453. The summed E-state index contributed by atoms with van der Waals surface area (Å²) in [6.07, 6.45) is 6.83. The van der Waals surface area contributed by atoms with Gasteiger partial charge < -0.3 is 20.4 Å². The Morgan fingerprint density at radius 3 is 1.11 bits per heavy atom. The summed E-state index contributed by atoms with van der Waals surface area (Å²) in [6, 6.07) is 0. The van der Waals surface area contributed by atoms with Crippen LogP contribution in [0.4, 0.5) is 0 Å². The molecule has 4 N–H and O–H groups in total.